The summed E-state index contributed by atoms with van der Waals surface area (Å²) in [6, 6.07) is 11.1. The van der Waals surface area contributed by atoms with Crippen molar-refractivity contribution < 1.29 is 14.5 Å². The summed E-state index contributed by atoms with van der Waals surface area (Å²) >= 11 is 0. The average Bonchev–Trinajstić information content (AvgIpc) is 2.48. The minimum atomic E-state index is -0.482. The van der Waals surface area contributed by atoms with Crippen molar-refractivity contribution in [3.63, 3.8) is 0 Å². The molecule has 0 heterocycles. The van der Waals surface area contributed by atoms with Crippen LogP contribution in [0.25, 0.3) is 0 Å². The molecule has 2 aromatic carbocycles. The van der Waals surface area contributed by atoms with Crippen LogP contribution in [0.4, 0.5) is 5.69 Å². The fraction of sp³-hybridized carbons (Fsp3) is 0.188. The van der Waals surface area contributed by atoms with E-state index in [0.29, 0.717) is 11.3 Å². The molecule has 0 aliphatic carbocycles. The van der Waals surface area contributed by atoms with Crippen molar-refractivity contribution in [3.8, 4) is 5.75 Å². The number of benzene rings is 2. The summed E-state index contributed by atoms with van der Waals surface area (Å²) in [5, 5.41) is 10.5. The van der Waals surface area contributed by atoms with Gasteiger partial charge in [-0.1, -0.05) is 12.1 Å². The van der Waals surface area contributed by atoms with Crippen molar-refractivity contribution in [3.05, 3.63) is 69.3 Å². The Labute approximate surface area is 122 Å². The first-order valence-corrected chi connectivity index (χ1v) is 6.45. The maximum atomic E-state index is 12.0. The zero-order valence-corrected chi connectivity index (χ0v) is 11.8. The molecule has 108 valence electrons. The maximum absolute atomic E-state index is 12.0. The Kier molecular flexibility index (Phi) is 4.33. The van der Waals surface area contributed by atoms with Crippen LogP contribution in [0.15, 0.2) is 42.5 Å². The molecule has 0 N–H and O–H groups in total. The molecule has 0 aromatic heterocycles. The van der Waals surface area contributed by atoms with Gasteiger partial charge in [-0.05, 0) is 43.2 Å². The van der Waals surface area contributed by atoms with E-state index < -0.39 is 4.92 Å². The first-order chi connectivity index (χ1) is 9.97. The Hall–Kier alpha value is -2.69. The molecular weight excluding hydrogens is 270 g/mol. The molecule has 5 nitrogen and oxygen atoms in total. The Morgan fingerprint density at radius 3 is 2.33 bits per heavy atom. The first-order valence-electron chi connectivity index (χ1n) is 6.45. The number of nitro benzene ring substituents is 1. The molecule has 2 aromatic rings. The molecule has 0 unspecified atom stereocenters. The van der Waals surface area contributed by atoms with E-state index in [9.17, 15) is 14.9 Å². The van der Waals surface area contributed by atoms with Crippen LogP contribution >= 0.6 is 0 Å². The highest BCUT2D eigenvalue weighted by atomic mass is 16.6. The zero-order chi connectivity index (χ0) is 15.4. The molecule has 0 fully saturated rings. The lowest BCUT2D eigenvalue weighted by Crippen LogP contribution is -2.11. The number of rotatable bonds is 5. The van der Waals surface area contributed by atoms with Gasteiger partial charge in [-0.3, -0.25) is 14.9 Å². The lowest BCUT2D eigenvalue weighted by molar-refractivity contribution is -0.384. The number of nitro groups is 1. The third-order valence-corrected chi connectivity index (χ3v) is 3.25. The first kappa shape index (κ1) is 14.7. The smallest absolute Gasteiger partial charge is 0.269 e. The zero-order valence-electron chi connectivity index (χ0n) is 11.8. The van der Waals surface area contributed by atoms with Crippen molar-refractivity contribution in [2.45, 2.75) is 13.8 Å². The van der Waals surface area contributed by atoms with Crippen LogP contribution in [0.1, 0.15) is 21.5 Å². The number of hydrogen-bond acceptors (Lipinski definition) is 4. The fourth-order valence-corrected chi connectivity index (χ4v) is 1.81. The third-order valence-electron chi connectivity index (χ3n) is 3.25. The molecular formula is C16H15NO4. The van der Waals surface area contributed by atoms with E-state index in [1.54, 1.807) is 6.07 Å². The molecule has 5 heteroatoms. The van der Waals surface area contributed by atoms with Gasteiger partial charge in [0.15, 0.2) is 12.4 Å². The van der Waals surface area contributed by atoms with E-state index in [2.05, 4.69) is 0 Å². The number of carbonyl (C=O) groups excluding carboxylic acids is 1. The Morgan fingerprint density at radius 2 is 1.76 bits per heavy atom. The van der Waals surface area contributed by atoms with Crippen LogP contribution in [0.3, 0.4) is 0 Å². The van der Waals surface area contributed by atoms with Crippen molar-refractivity contribution in [1.82, 2.24) is 0 Å². The van der Waals surface area contributed by atoms with Crippen LogP contribution in [-0.2, 0) is 0 Å². The van der Waals surface area contributed by atoms with Gasteiger partial charge in [0.25, 0.3) is 5.69 Å². The topological polar surface area (TPSA) is 69.4 Å². The van der Waals surface area contributed by atoms with Crippen LogP contribution in [0.2, 0.25) is 0 Å². The number of carbonyl (C=O) groups is 1. The fourth-order valence-electron chi connectivity index (χ4n) is 1.81. The van der Waals surface area contributed by atoms with E-state index in [1.165, 1.54) is 24.3 Å². The summed E-state index contributed by atoms with van der Waals surface area (Å²) in [6.07, 6.45) is 0. The van der Waals surface area contributed by atoms with E-state index in [4.69, 9.17) is 4.74 Å². The predicted octanol–water partition coefficient (Wildman–Crippen LogP) is 3.47. The van der Waals surface area contributed by atoms with Crippen LogP contribution < -0.4 is 4.74 Å². The number of aryl methyl sites for hydroxylation is 2. The van der Waals surface area contributed by atoms with Crippen LogP contribution in [0.5, 0.6) is 5.75 Å². The molecule has 0 spiro atoms. The van der Waals surface area contributed by atoms with E-state index in [0.717, 1.165) is 11.1 Å². The molecule has 21 heavy (non-hydrogen) atoms. The minimum Gasteiger partial charge on any atom is -0.485 e. The molecule has 0 bridgehead atoms. The molecule has 0 atom stereocenters. The van der Waals surface area contributed by atoms with E-state index in [1.807, 2.05) is 26.0 Å². The maximum Gasteiger partial charge on any atom is 0.269 e. The summed E-state index contributed by atoms with van der Waals surface area (Å²) in [6.45, 7) is 3.83. The van der Waals surface area contributed by atoms with Gasteiger partial charge in [0.1, 0.15) is 5.75 Å². The minimum absolute atomic E-state index is 0.0113. The lowest BCUT2D eigenvalue weighted by Gasteiger charge is -2.07. The van der Waals surface area contributed by atoms with Crippen molar-refractivity contribution in [2.75, 3.05) is 6.61 Å². The second-order valence-electron chi connectivity index (χ2n) is 4.76. The van der Waals surface area contributed by atoms with Gasteiger partial charge < -0.3 is 4.74 Å². The summed E-state index contributed by atoms with van der Waals surface area (Å²) in [5.41, 5.74) is 2.77. The van der Waals surface area contributed by atoms with Gasteiger partial charge in [-0.2, -0.15) is 0 Å². The van der Waals surface area contributed by atoms with Gasteiger partial charge in [-0.15, -0.1) is 0 Å². The summed E-state index contributed by atoms with van der Waals surface area (Å²) in [4.78, 5) is 22.1. The number of non-ortho nitro benzene ring substituents is 1. The number of hydrogen-bond donors (Lipinski definition) is 0. The molecule has 0 saturated heterocycles. The van der Waals surface area contributed by atoms with Gasteiger partial charge >= 0.3 is 0 Å². The second-order valence-corrected chi connectivity index (χ2v) is 4.76. The van der Waals surface area contributed by atoms with Gasteiger partial charge in [-0.25, -0.2) is 0 Å². The Morgan fingerprint density at radius 1 is 1.10 bits per heavy atom. The van der Waals surface area contributed by atoms with Gasteiger partial charge in [0.2, 0.25) is 0 Å². The van der Waals surface area contributed by atoms with Crippen LogP contribution in [0, 0.1) is 24.0 Å². The third kappa shape index (κ3) is 3.66. The van der Waals surface area contributed by atoms with Gasteiger partial charge in [0.05, 0.1) is 4.92 Å². The van der Waals surface area contributed by atoms with Crippen molar-refractivity contribution in [2.24, 2.45) is 0 Å². The summed E-state index contributed by atoms with van der Waals surface area (Å²) in [5.74, 6) is 0.300. The number of ether oxygens (including phenoxy) is 1. The van der Waals surface area contributed by atoms with E-state index in [-0.39, 0.29) is 18.1 Å². The summed E-state index contributed by atoms with van der Waals surface area (Å²) < 4.78 is 5.35. The monoisotopic (exact) mass is 285 g/mol. The molecule has 0 amide bonds. The molecule has 0 aliphatic heterocycles. The predicted molar refractivity (Wildman–Crippen MR) is 78.8 cm³/mol. The van der Waals surface area contributed by atoms with Crippen molar-refractivity contribution in [1.29, 1.82) is 0 Å². The van der Waals surface area contributed by atoms with Gasteiger partial charge in [0, 0.05) is 17.7 Å². The molecule has 0 saturated carbocycles. The highest BCUT2D eigenvalue weighted by Crippen LogP contribution is 2.18. The number of nitrogens with zero attached hydrogens (tertiary/aromatic N) is 1. The standard InChI is InChI=1S/C16H15NO4/c1-11-3-4-13(9-12(11)2)16(18)10-21-15-7-5-14(6-8-15)17(19)20/h3-9H,10H2,1-2H3. The van der Waals surface area contributed by atoms with Crippen molar-refractivity contribution >= 4 is 11.5 Å². The largest absolute Gasteiger partial charge is 0.485 e. The molecule has 0 aliphatic rings. The Balaban J connectivity index is 2.00. The second kappa shape index (κ2) is 6.17. The molecule has 2 rings (SSSR count). The highest BCUT2D eigenvalue weighted by molar-refractivity contribution is 5.97. The lowest BCUT2D eigenvalue weighted by atomic mass is 10.0. The SMILES string of the molecule is Cc1ccc(C(=O)COc2ccc([N+](=O)[O-])cc2)cc1C. The van der Waals surface area contributed by atoms with Crippen LogP contribution in [-0.4, -0.2) is 17.3 Å². The average molecular weight is 285 g/mol. The highest BCUT2D eigenvalue weighted by Gasteiger charge is 2.09. The number of ketones is 1. The Bertz CT molecular complexity index is 677. The van der Waals surface area contributed by atoms with E-state index >= 15 is 0 Å². The number of Topliss-reactive ketones (excluding diaryl/α,β-unsaturated/α-hetero) is 1. The summed E-state index contributed by atoms with van der Waals surface area (Å²) in [7, 11) is 0. The quantitative estimate of drug-likeness (QED) is 0.479. The normalized spacial score (nSPS) is 10.2. The molecule has 0 radical (unpaired) electrons.